The van der Waals surface area contributed by atoms with E-state index in [-0.39, 0.29) is 5.69 Å². The van der Waals surface area contributed by atoms with Gasteiger partial charge in [-0.2, -0.15) is 0 Å². The molecule has 1 atom stereocenters. The lowest BCUT2D eigenvalue weighted by Gasteiger charge is -2.25. The Morgan fingerprint density at radius 2 is 1.90 bits per heavy atom. The predicted octanol–water partition coefficient (Wildman–Crippen LogP) is 3.20. The first kappa shape index (κ1) is 15.6. The molecule has 116 valence electrons. The summed E-state index contributed by atoms with van der Waals surface area (Å²) in [5, 5.41) is 10.8. The van der Waals surface area contributed by atoms with Gasteiger partial charge in [-0.25, -0.2) is 0 Å². The molecule has 1 unspecified atom stereocenters. The van der Waals surface area contributed by atoms with Crippen molar-refractivity contribution in [2.75, 3.05) is 19.6 Å². The molecule has 0 amide bonds. The Hall–Kier alpha value is -1.82. The first-order valence-corrected chi connectivity index (χ1v) is 7.36. The minimum Gasteiger partial charge on any atom is -0.449 e. The Kier molecular flexibility index (Phi) is 4.67. The van der Waals surface area contributed by atoms with Gasteiger partial charge in [-0.05, 0) is 32.1 Å². The Bertz CT molecular complexity index is 516. The minimum absolute atomic E-state index is 0.0183. The normalized spacial score (nSPS) is 20.0. The van der Waals surface area contributed by atoms with E-state index in [2.05, 4.69) is 18.7 Å². The highest BCUT2D eigenvalue weighted by Crippen LogP contribution is 2.42. The lowest BCUT2D eigenvalue weighted by atomic mass is 10.1. The van der Waals surface area contributed by atoms with Crippen molar-refractivity contribution in [3.8, 4) is 11.5 Å². The second-order valence-corrected chi connectivity index (χ2v) is 5.36. The third-order valence-electron chi connectivity index (χ3n) is 3.79. The minimum atomic E-state index is -0.731. The molecule has 0 saturated carbocycles. The van der Waals surface area contributed by atoms with E-state index in [9.17, 15) is 10.1 Å². The van der Waals surface area contributed by atoms with Crippen LogP contribution in [0, 0.1) is 10.1 Å². The molecule has 6 nitrogen and oxygen atoms in total. The van der Waals surface area contributed by atoms with Gasteiger partial charge < -0.3 is 14.4 Å². The van der Waals surface area contributed by atoms with Gasteiger partial charge in [0, 0.05) is 19.4 Å². The molecule has 0 aromatic heterocycles. The highest BCUT2D eigenvalue weighted by Gasteiger charge is 2.37. The van der Waals surface area contributed by atoms with E-state index in [1.165, 1.54) is 12.1 Å². The smallest absolute Gasteiger partial charge is 0.273 e. The van der Waals surface area contributed by atoms with Gasteiger partial charge in [-0.15, -0.1) is 0 Å². The lowest BCUT2D eigenvalue weighted by molar-refractivity contribution is -0.384. The molecule has 0 saturated heterocycles. The number of nitro benzene ring substituents is 1. The molecular weight excluding hydrogens is 272 g/mol. The maximum atomic E-state index is 10.8. The van der Waals surface area contributed by atoms with E-state index in [1.807, 2.05) is 6.92 Å². The van der Waals surface area contributed by atoms with Crippen molar-refractivity contribution in [1.82, 2.24) is 4.90 Å². The molecule has 1 aromatic rings. The van der Waals surface area contributed by atoms with Crippen LogP contribution in [0.1, 0.15) is 33.6 Å². The topological polar surface area (TPSA) is 64.8 Å². The molecule has 6 heteroatoms. The van der Waals surface area contributed by atoms with Crippen LogP contribution in [0.2, 0.25) is 0 Å². The number of ether oxygens (including phenoxy) is 2. The first-order valence-electron chi connectivity index (χ1n) is 7.36. The van der Waals surface area contributed by atoms with Crippen LogP contribution in [0.4, 0.5) is 5.69 Å². The summed E-state index contributed by atoms with van der Waals surface area (Å²) in [4.78, 5) is 12.7. The van der Waals surface area contributed by atoms with Crippen molar-refractivity contribution in [3.63, 3.8) is 0 Å². The number of benzene rings is 1. The molecule has 0 radical (unpaired) electrons. The van der Waals surface area contributed by atoms with Gasteiger partial charge >= 0.3 is 0 Å². The maximum absolute atomic E-state index is 10.8. The monoisotopic (exact) mass is 294 g/mol. The number of non-ortho nitro benzene ring substituents is 1. The molecule has 2 rings (SSSR count). The van der Waals surface area contributed by atoms with Crippen LogP contribution in [-0.4, -0.2) is 35.2 Å². The number of hydrogen-bond donors (Lipinski definition) is 0. The quantitative estimate of drug-likeness (QED) is 0.570. The average Bonchev–Trinajstić information content (AvgIpc) is 2.79. The molecule has 1 aliphatic heterocycles. The molecule has 0 bridgehead atoms. The SMILES string of the molecule is CCN(CC)CCCC1(C)Oc2ccc([N+](=O)[O-])cc2O1. The Balaban J connectivity index is 1.95. The molecule has 21 heavy (non-hydrogen) atoms. The molecule has 1 heterocycles. The van der Waals surface area contributed by atoms with Gasteiger partial charge in [0.2, 0.25) is 5.79 Å². The second kappa shape index (κ2) is 6.30. The lowest BCUT2D eigenvalue weighted by Crippen LogP contribution is -2.36. The fourth-order valence-electron chi connectivity index (χ4n) is 2.53. The first-order chi connectivity index (χ1) is 9.97. The van der Waals surface area contributed by atoms with Gasteiger partial charge in [0.15, 0.2) is 11.5 Å². The number of hydrogen-bond acceptors (Lipinski definition) is 5. The van der Waals surface area contributed by atoms with Crippen LogP contribution in [-0.2, 0) is 0 Å². The fraction of sp³-hybridized carbons (Fsp3) is 0.600. The van der Waals surface area contributed by atoms with Crippen LogP contribution in [0.5, 0.6) is 11.5 Å². The largest absolute Gasteiger partial charge is 0.449 e. The van der Waals surface area contributed by atoms with E-state index < -0.39 is 10.7 Å². The van der Waals surface area contributed by atoms with Gasteiger partial charge in [0.1, 0.15) is 0 Å². The average molecular weight is 294 g/mol. The standard InChI is InChI=1S/C15H22N2O4/c1-4-16(5-2)10-6-9-15(3)20-13-8-7-12(17(18)19)11-14(13)21-15/h7-8,11H,4-6,9-10H2,1-3H3. The summed E-state index contributed by atoms with van der Waals surface area (Å²) < 4.78 is 11.6. The van der Waals surface area contributed by atoms with Gasteiger partial charge in [0.05, 0.1) is 11.0 Å². The van der Waals surface area contributed by atoms with Crippen molar-refractivity contribution < 1.29 is 14.4 Å². The van der Waals surface area contributed by atoms with Gasteiger partial charge in [-0.1, -0.05) is 13.8 Å². The van der Waals surface area contributed by atoms with Crippen LogP contribution < -0.4 is 9.47 Å². The van der Waals surface area contributed by atoms with E-state index in [0.717, 1.165) is 32.5 Å². The summed E-state index contributed by atoms with van der Waals surface area (Å²) in [5.41, 5.74) is 0.0183. The molecule has 0 spiro atoms. The zero-order chi connectivity index (χ0) is 15.5. The van der Waals surface area contributed by atoms with Gasteiger partial charge in [-0.3, -0.25) is 10.1 Å². The highest BCUT2D eigenvalue weighted by molar-refractivity contribution is 5.50. The summed E-state index contributed by atoms with van der Waals surface area (Å²) in [5.74, 6) is 0.297. The third-order valence-corrected chi connectivity index (χ3v) is 3.79. The van der Waals surface area contributed by atoms with E-state index in [1.54, 1.807) is 6.07 Å². The van der Waals surface area contributed by atoms with Crippen LogP contribution in [0.15, 0.2) is 18.2 Å². The Morgan fingerprint density at radius 1 is 1.24 bits per heavy atom. The van der Waals surface area contributed by atoms with Crippen molar-refractivity contribution in [2.45, 2.75) is 39.4 Å². The number of nitro groups is 1. The van der Waals surface area contributed by atoms with E-state index >= 15 is 0 Å². The molecule has 0 aliphatic carbocycles. The van der Waals surface area contributed by atoms with Crippen LogP contribution in [0.3, 0.4) is 0 Å². The summed E-state index contributed by atoms with van der Waals surface area (Å²) in [7, 11) is 0. The number of nitrogens with zero attached hydrogens (tertiary/aromatic N) is 2. The highest BCUT2D eigenvalue weighted by atomic mass is 16.7. The molecule has 1 aromatic carbocycles. The molecule has 0 fully saturated rings. The Labute approximate surface area is 124 Å². The molecule has 1 aliphatic rings. The zero-order valence-electron chi connectivity index (χ0n) is 12.8. The summed E-state index contributed by atoms with van der Waals surface area (Å²) in [6.07, 6.45) is 1.69. The fourth-order valence-corrected chi connectivity index (χ4v) is 2.53. The summed E-state index contributed by atoms with van der Waals surface area (Å²) >= 11 is 0. The number of rotatable bonds is 7. The molecular formula is C15H22N2O4. The van der Waals surface area contributed by atoms with E-state index in [4.69, 9.17) is 9.47 Å². The molecule has 0 N–H and O–H groups in total. The predicted molar refractivity (Wildman–Crippen MR) is 79.8 cm³/mol. The maximum Gasteiger partial charge on any atom is 0.273 e. The summed E-state index contributed by atoms with van der Waals surface area (Å²) in [6, 6.07) is 4.46. The van der Waals surface area contributed by atoms with Crippen molar-refractivity contribution in [3.05, 3.63) is 28.3 Å². The third kappa shape index (κ3) is 3.64. The van der Waals surface area contributed by atoms with Crippen LogP contribution in [0.25, 0.3) is 0 Å². The Morgan fingerprint density at radius 3 is 2.52 bits per heavy atom. The summed E-state index contributed by atoms with van der Waals surface area (Å²) in [6.45, 7) is 9.21. The van der Waals surface area contributed by atoms with Crippen molar-refractivity contribution >= 4 is 5.69 Å². The van der Waals surface area contributed by atoms with Crippen molar-refractivity contribution in [2.24, 2.45) is 0 Å². The van der Waals surface area contributed by atoms with Crippen LogP contribution >= 0.6 is 0 Å². The zero-order valence-corrected chi connectivity index (χ0v) is 12.8. The second-order valence-electron chi connectivity index (χ2n) is 5.36. The van der Waals surface area contributed by atoms with Crippen molar-refractivity contribution in [1.29, 1.82) is 0 Å². The number of fused-ring (bicyclic) bond motifs is 1. The van der Waals surface area contributed by atoms with E-state index in [0.29, 0.717) is 11.5 Å². The van der Waals surface area contributed by atoms with Gasteiger partial charge in [0.25, 0.3) is 5.69 Å².